The molecule has 0 bridgehead atoms. The van der Waals surface area contributed by atoms with Gasteiger partial charge < -0.3 is 10.1 Å². The van der Waals surface area contributed by atoms with Crippen LogP contribution in [0.3, 0.4) is 0 Å². The van der Waals surface area contributed by atoms with Crippen molar-refractivity contribution in [2.24, 2.45) is 7.05 Å². The molecule has 0 aliphatic heterocycles. The van der Waals surface area contributed by atoms with E-state index in [9.17, 15) is 4.79 Å². The van der Waals surface area contributed by atoms with E-state index in [2.05, 4.69) is 10.4 Å². The zero-order valence-electron chi connectivity index (χ0n) is 11.3. The topological polar surface area (TPSA) is 79.9 Å². The SMILES string of the molecule is Cc1cc(C(=O)Nc2ccccc2OCC#N)n(C)n1. The average Bonchev–Trinajstić information content (AvgIpc) is 2.77. The number of amides is 1. The van der Waals surface area contributed by atoms with Gasteiger partial charge >= 0.3 is 0 Å². The quantitative estimate of drug-likeness (QED) is 0.919. The molecule has 6 nitrogen and oxygen atoms in total. The number of carbonyl (C=O) groups excluding carboxylic acids is 1. The number of rotatable bonds is 4. The van der Waals surface area contributed by atoms with E-state index in [1.807, 2.05) is 13.0 Å². The minimum atomic E-state index is -0.277. The molecule has 1 aromatic heterocycles. The van der Waals surface area contributed by atoms with Crippen LogP contribution in [0.2, 0.25) is 0 Å². The molecule has 102 valence electrons. The van der Waals surface area contributed by atoms with Gasteiger partial charge in [-0.1, -0.05) is 12.1 Å². The van der Waals surface area contributed by atoms with Crippen LogP contribution in [0.25, 0.3) is 0 Å². The third kappa shape index (κ3) is 2.95. The molecule has 2 rings (SSSR count). The maximum absolute atomic E-state index is 12.2. The summed E-state index contributed by atoms with van der Waals surface area (Å²) in [6, 6.07) is 10.6. The highest BCUT2D eigenvalue weighted by Crippen LogP contribution is 2.24. The number of hydrogen-bond donors (Lipinski definition) is 1. The summed E-state index contributed by atoms with van der Waals surface area (Å²) in [4.78, 5) is 12.2. The van der Waals surface area contributed by atoms with E-state index in [0.717, 1.165) is 5.69 Å². The summed E-state index contributed by atoms with van der Waals surface area (Å²) in [5.74, 6) is 0.183. The fourth-order valence-corrected chi connectivity index (χ4v) is 1.82. The Hall–Kier alpha value is -2.81. The lowest BCUT2D eigenvalue weighted by Gasteiger charge is -2.10. The number of para-hydroxylation sites is 2. The predicted molar refractivity (Wildman–Crippen MR) is 73.4 cm³/mol. The van der Waals surface area contributed by atoms with Crippen LogP contribution < -0.4 is 10.1 Å². The molecule has 20 heavy (non-hydrogen) atoms. The Morgan fingerprint density at radius 2 is 2.25 bits per heavy atom. The molecule has 0 unspecified atom stereocenters. The molecular weight excluding hydrogens is 256 g/mol. The van der Waals surface area contributed by atoms with Crippen molar-refractivity contribution in [2.75, 3.05) is 11.9 Å². The summed E-state index contributed by atoms with van der Waals surface area (Å²) >= 11 is 0. The molecule has 0 atom stereocenters. The highest BCUT2D eigenvalue weighted by Gasteiger charge is 2.14. The van der Waals surface area contributed by atoms with E-state index < -0.39 is 0 Å². The second kappa shape index (κ2) is 5.89. The maximum Gasteiger partial charge on any atom is 0.274 e. The third-order valence-electron chi connectivity index (χ3n) is 2.66. The number of ether oxygens (including phenoxy) is 1. The highest BCUT2D eigenvalue weighted by molar-refractivity contribution is 6.03. The lowest BCUT2D eigenvalue weighted by Crippen LogP contribution is -2.16. The predicted octanol–water partition coefficient (Wildman–Crippen LogP) is 1.88. The molecule has 1 amide bonds. The number of carbonyl (C=O) groups is 1. The Balaban J connectivity index is 2.20. The lowest BCUT2D eigenvalue weighted by molar-refractivity contribution is 0.101. The van der Waals surface area contributed by atoms with Crippen molar-refractivity contribution in [2.45, 2.75) is 6.92 Å². The van der Waals surface area contributed by atoms with Crippen molar-refractivity contribution >= 4 is 11.6 Å². The first-order valence-corrected chi connectivity index (χ1v) is 6.02. The van der Waals surface area contributed by atoms with Crippen molar-refractivity contribution in [1.29, 1.82) is 5.26 Å². The molecule has 2 aromatic rings. The van der Waals surface area contributed by atoms with Gasteiger partial charge in [0, 0.05) is 7.05 Å². The fraction of sp³-hybridized carbons (Fsp3) is 0.214. The average molecular weight is 270 g/mol. The third-order valence-corrected chi connectivity index (χ3v) is 2.66. The van der Waals surface area contributed by atoms with Crippen LogP contribution in [0.1, 0.15) is 16.2 Å². The largest absolute Gasteiger partial charge is 0.477 e. The summed E-state index contributed by atoms with van der Waals surface area (Å²) in [6.45, 7) is 1.75. The smallest absolute Gasteiger partial charge is 0.274 e. The zero-order valence-corrected chi connectivity index (χ0v) is 11.3. The molecule has 0 saturated carbocycles. The van der Waals surface area contributed by atoms with Crippen molar-refractivity contribution in [3.8, 4) is 11.8 Å². The number of benzene rings is 1. The van der Waals surface area contributed by atoms with Gasteiger partial charge in [0.15, 0.2) is 6.61 Å². The fourth-order valence-electron chi connectivity index (χ4n) is 1.82. The van der Waals surface area contributed by atoms with Crippen LogP contribution in [0, 0.1) is 18.3 Å². The van der Waals surface area contributed by atoms with Gasteiger partial charge in [-0.3, -0.25) is 9.48 Å². The Kier molecular flexibility index (Phi) is 4.01. The molecule has 0 aliphatic carbocycles. The molecule has 0 aliphatic rings. The van der Waals surface area contributed by atoms with Crippen LogP contribution in [0.15, 0.2) is 30.3 Å². The number of hydrogen-bond acceptors (Lipinski definition) is 4. The van der Waals surface area contributed by atoms with Crippen LogP contribution in [-0.2, 0) is 7.05 Å². The van der Waals surface area contributed by atoms with Gasteiger partial charge in [-0.15, -0.1) is 0 Å². The molecule has 0 fully saturated rings. The van der Waals surface area contributed by atoms with Gasteiger partial charge in [0.2, 0.25) is 0 Å². The van der Waals surface area contributed by atoms with E-state index in [-0.39, 0.29) is 12.5 Å². The Morgan fingerprint density at radius 1 is 1.50 bits per heavy atom. The van der Waals surface area contributed by atoms with Crippen LogP contribution in [0.5, 0.6) is 5.75 Å². The van der Waals surface area contributed by atoms with Gasteiger partial charge in [0.25, 0.3) is 5.91 Å². The van der Waals surface area contributed by atoms with Crippen LogP contribution >= 0.6 is 0 Å². The summed E-state index contributed by atoms with van der Waals surface area (Å²) < 4.78 is 6.78. The summed E-state index contributed by atoms with van der Waals surface area (Å²) in [5, 5.41) is 15.4. The van der Waals surface area contributed by atoms with Gasteiger partial charge in [0.1, 0.15) is 17.5 Å². The number of aryl methyl sites for hydroxylation is 2. The lowest BCUT2D eigenvalue weighted by atomic mass is 10.2. The molecular formula is C14H14N4O2. The van der Waals surface area contributed by atoms with E-state index in [1.54, 1.807) is 37.4 Å². The van der Waals surface area contributed by atoms with E-state index in [0.29, 0.717) is 17.1 Å². The number of anilines is 1. The normalized spacial score (nSPS) is 9.85. The first kappa shape index (κ1) is 13.6. The van der Waals surface area contributed by atoms with Gasteiger partial charge in [-0.25, -0.2) is 0 Å². The summed E-state index contributed by atoms with van der Waals surface area (Å²) in [5.41, 5.74) is 1.75. The highest BCUT2D eigenvalue weighted by atomic mass is 16.5. The van der Waals surface area contributed by atoms with E-state index in [4.69, 9.17) is 10.00 Å². The minimum Gasteiger partial charge on any atom is -0.477 e. The Labute approximate surface area is 116 Å². The van der Waals surface area contributed by atoms with Crippen molar-refractivity contribution in [3.05, 3.63) is 41.7 Å². The standard InChI is InChI=1S/C14H14N4O2/c1-10-9-12(18(2)17-10)14(19)16-11-5-3-4-6-13(11)20-8-7-15/h3-6,9H,8H2,1-2H3,(H,16,19). The number of aromatic nitrogens is 2. The number of nitrogens with zero attached hydrogens (tertiary/aromatic N) is 3. The maximum atomic E-state index is 12.2. The molecule has 1 aromatic carbocycles. The number of nitrogens with one attached hydrogen (secondary N) is 1. The van der Waals surface area contributed by atoms with Crippen molar-refractivity contribution in [3.63, 3.8) is 0 Å². The van der Waals surface area contributed by atoms with E-state index >= 15 is 0 Å². The van der Waals surface area contributed by atoms with Gasteiger partial charge in [-0.2, -0.15) is 10.4 Å². The van der Waals surface area contributed by atoms with Crippen LogP contribution in [0.4, 0.5) is 5.69 Å². The molecule has 0 saturated heterocycles. The molecule has 0 radical (unpaired) electrons. The minimum absolute atomic E-state index is 0.0717. The van der Waals surface area contributed by atoms with Gasteiger partial charge in [0.05, 0.1) is 11.4 Å². The van der Waals surface area contributed by atoms with Crippen LogP contribution in [-0.4, -0.2) is 22.3 Å². The number of nitriles is 1. The summed E-state index contributed by atoms with van der Waals surface area (Å²) in [7, 11) is 1.71. The molecule has 1 heterocycles. The molecule has 0 spiro atoms. The first-order chi connectivity index (χ1) is 9.61. The van der Waals surface area contributed by atoms with Crippen molar-refractivity contribution < 1.29 is 9.53 Å². The van der Waals surface area contributed by atoms with E-state index in [1.165, 1.54) is 4.68 Å². The zero-order chi connectivity index (χ0) is 14.5. The Morgan fingerprint density at radius 3 is 2.90 bits per heavy atom. The molecule has 1 N–H and O–H groups in total. The first-order valence-electron chi connectivity index (χ1n) is 6.02. The monoisotopic (exact) mass is 270 g/mol. The Bertz CT molecular complexity index is 670. The van der Waals surface area contributed by atoms with Gasteiger partial charge in [-0.05, 0) is 25.1 Å². The summed E-state index contributed by atoms with van der Waals surface area (Å²) in [6.07, 6.45) is 0. The molecule has 6 heteroatoms. The second-order valence-corrected chi connectivity index (χ2v) is 4.19. The van der Waals surface area contributed by atoms with Crippen molar-refractivity contribution in [1.82, 2.24) is 9.78 Å². The second-order valence-electron chi connectivity index (χ2n) is 4.19.